The molecule has 2 aromatic carbocycles. The normalized spacial score (nSPS) is 10.5. The minimum atomic E-state index is -0.0772. The Morgan fingerprint density at radius 1 is 1.08 bits per heavy atom. The van der Waals surface area contributed by atoms with Crippen LogP contribution in [0.4, 0.5) is 0 Å². The summed E-state index contributed by atoms with van der Waals surface area (Å²) in [4.78, 5) is 14.0. The number of aliphatic hydroxyl groups excluding tert-OH is 1. The monoisotopic (exact) mass is 367 g/mol. The molecule has 0 spiro atoms. The van der Waals surface area contributed by atoms with Gasteiger partial charge in [0.05, 0.1) is 29.7 Å². The fourth-order valence-electron chi connectivity index (χ4n) is 2.20. The van der Waals surface area contributed by atoms with Crippen LogP contribution in [0.5, 0.6) is 5.75 Å². The molecule has 2 rings (SSSR count). The number of hydrogen-bond acceptors (Lipinski definition) is 3. The molecule has 0 aliphatic heterocycles. The molecule has 0 atom stereocenters. The summed E-state index contributed by atoms with van der Waals surface area (Å²) in [6, 6.07) is 14.6. The lowest BCUT2D eigenvalue weighted by atomic mass is 10.2. The third-order valence-electron chi connectivity index (χ3n) is 3.41. The van der Waals surface area contributed by atoms with Gasteiger partial charge in [-0.05, 0) is 17.7 Å². The van der Waals surface area contributed by atoms with Crippen LogP contribution in [0, 0.1) is 0 Å². The summed E-state index contributed by atoms with van der Waals surface area (Å²) in [6.45, 7) is 0.910. The van der Waals surface area contributed by atoms with Crippen LogP contribution in [0.1, 0.15) is 12.0 Å². The summed E-state index contributed by atoms with van der Waals surface area (Å²) in [5.41, 5.74) is 1.02. The molecule has 0 radical (unpaired) electrons. The number of benzene rings is 2. The number of ether oxygens (including phenoxy) is 1. The lowest BCUT2D eigenvalue weighted by molar-refractivity contribution is -0.132. The van der Waals surface area contributed by atoms with E-state index in [4.69, 9.17) is 27.9 Å². The van der Waals surface area contributed by atoms with Gasteiger partial charge in [-0.15, -0.1) is 0 Å². The van der Waals surface area contributed by atoms with Crippen LogP contribution in [0.25, 0.3) is 0 Å². The highest BCUT2D eigenvalue weighted by Gasteiger charge is 2.13. The fourth-order valence-corrected chi connectivity index (χ4v) is 2.49. The summed E-state index contributed by atoms with van der Waals surface area (Å²) >= 11 is 11.8. The van der Waals surface area contributed by atoms with E-state index in [1.165, 1.54) is 0 Å². The predicted molar refractivity (Wildman–Crippen MR) is 95.5 cm³/mol. The molecule has 0 aromatic heterocycles. The molecule has 0 saturated carbocycles. The highest BCUT2D eigenvalue weighted by molar-refractivity contribution is 6.42. The average Bonchev–Trinajstić information content (AvgIpc) is 2.58. The van der Waals surface area contributed by atoms with E-state index < -0.39 is 0 Å². The van der Waals surface area contributed by atoms with Gasteiger partial charge in [-0.2, -0.15) is 0 Å². The minimum absolute atomic E-state index is 0.0760. The number of aliphatic hydroxyl groups is 1. The molecule has 0 fully saturated rings. The second kappa shape index (κ2) is 9.52. The summed E-state index contributed by atoms with van der Waals surface area (Å²) in [5.74, 6) is 0.488. The van der Waals surface area contributed by atoms with Gasteiger partial charge in [-0.3, -0.25) is 4.79 Å². The summed E-state index contributed by atoms with van der Waals surface area (Å²) < 4.78 is 5.54. The molecule has 4 nitrogen and oxygen atoms in total. The lowest BCUT2D eigenvalue weighted by Crippen LogP contribution is -2.33. The van der Waals surface area contributed by atoms with E-state index in [-0.39, 0.29) is 25.5 Å². The highest BCUT2D eigenvalue weighted by atomic mass is 35.5. The van der Waals surface area contributed by atoms with Crippen LogP contribution in [-0.4, -0.2) is 35.7 Å². The summed E-state index contributed by atoms with van der Waals surface area (Å²) in [7, 11) is 0. The van der Waals surface area contributed by atoms with Crippen molar-refractivity contribution in [3.63, 3.8) is 0 Å². The number of amides is 1. The van der Waals surface area contributed by atoms with Crippen molar-refractivity contribution in [2.75, 3.05) is 19.8 Å². The Kier molecular flexibility index (Phi) is 7.37. The van der Waals surface area contributed by atoms with Crippen molar-refractivity contribution in [1.29, 1.82) is 0 Å². The van der Waals surface area contributed by atoms with Crippen LogP contribution in [-0.2, 0) is 11.3 Å². The molecular formula is C18H19Cl2NO3. The number of halogens is 2. The Labute approximate surface area is 151 Å². The Bertz CT molecular complexity index is 665. The van der Waals surface area contributed by atoms with Gasteiger partial charge in [0.2, 0.25) is 5.91 Å². The van der Waals surface area contributed by atoms with Crippen LogP contribution < -0.4 is 4.74 Å². The lowest BCUT2D eigenvalue weighted by Gasteiger charge is -2.22. The van der Waals surface area contributed by atoms with Crippen molar-refractivity contribution < 1.29 is 14.6 Å². The molecule has 0 heterocycles. The molecule has 24 heavy (non-hydrogen) atoms. The van der Waals surface area contributed by atoms with E-state index in [1.807, 2.05) is 30.3 Å². The average molecular weight is 368 g/mol. The second-order valence-electron chi connectivity index (χ2n) is 5.20. The Morgan fingerprint density at radius 2 is 1.83 bits per heavy atom. The van der Waals surface area contributed by atoms with E-state index in [9.17, 15) is 9.90 Å². The molecule has 0 unspecified atom stereocenters. The van der Waals surface area contributed by atoms with Gasteiger partial charge in [0.25, 0.3) is 0 Å². The SMILES string of the molecule is O=C(CCOc1ccc(Cl)c(Cl)c1)N(CCO)Cc1ccccc1. The predicted octanol–water partition coefficient (Wildman–Crippen LogP) is 3.78. The first-order valence-electron chi connectivity index (χ1n) is 7.60. The van der Waals surface area contributed by atoms with Crippen molar-refractivity contribution in [2.45, 2.75) is 13.0 Å². The highest BCUT2D eigenvalue weighted by Crippen LogP contribution is 2.26. The maximum atomic E-state index is 12.3. The third-order valence-corrected chi connectivity index (χ3v) is 4.15. The van der Waals surface area contributed by atoms with Crippen LogP contribution in [0.3, 0.4) is 0 Å². The van der Waals surface area contributed by atoms with Gasteiger partial charge in [-0.1, -0.05) is 53.5 Å². The zero-order chi connectivity index (χ0) is 17.4. The smallest absolute Gasteiger partial charge is 0.226 e. The van der Waals surface area contributed by atoms with Gasteiger partial charge in [0, 0.05) is 19.2 Å². The molecule has 0 aliphatic carbocycles. The van der Waals surface area contributed by atoms with E-state index in [2.05, 4.69) is 0 Å². The third kappa shape index (κ3) is 5.71. The topological polar surface area (TPSA) is 49.8 Å². The van der Waals surface area contributed by atoms with Crippen molar-refractivity contribution in [1.82, 2.24) is 4.90 Å². The quantitative estimate of drug-likeness (QED) is 0.772. The summed E-state index contributed by atoms with van der Waals surface area (Å²) in [5, 5.41) is 10.0. The number of hydrogen-bond donors (Lipinski definition) is 1. The first-order valence-corrected chi connectivity index (χ1v) is 8.36. The molecule has 1 N–H and O–H groups in total. The maximum absolute atomic E-state index is 12.3. The maximum Gasteiger partial charge on any atom is 0.226 e. The van der Waals surface area contributed by atoms with Crippen LogP contribution in [0.2, 0.25) is 10.0 Å². The first kappa shape index (κ1) is 18.6. The van der Waals surface area contributed by atoms with Gasteiger partial charge >= 0.3 is 0 Å². The second-order valence-corrected chi connectivity index (χ2v) is 6.01. The molecular weight excluding hydrogens is 349 g/mol. The van der Waals surface area contributed by atoms with Gasteiger partial charge in [0.15, 0.2) is 0 Å². The van der Waals surface area contributed by atoms with Crippen molar-refractivity contribution in [3.8, 4) is 5.75 Å². The Morgan fingerprint density at radius 3 is 2.50 bits per heavy atom. The fraction of sp³-hybridized carbons (Fsp3) is 0.278. The van der Waals surface area contributed by atoms with Gasteiger partial charge in [-0.25, -0.2) is 0 Å². The number of carbonyl (C=O) groups is 1. The first-order chi connectivity index (χ1) is 11.6. The van der Waals surface area contributed by atoms with E-state index in [0.29, 0.717) is 28.9 Å². The number of carbonyl (C=O) groups excluding carboxylic acids is 1. The molecule has 0 saturated heterocycles. The number of nitrogens with zero attached hydrogens (tertiary/aromatic N) is 1. The number of rotatable bonds is 8. The van der Waals surface area contributed by atoms with Crippen LogP contribution in [0.15, 0.2) is 48.5 Å². The molecule has 6 heteroatoms. The van der Waals surface area contributed by atoms with Crippen molar-refractivity contribution >= 4 is 29.1 Å². The molecule has 1 amide bonds. The van der Waals surface area contributed by atoms with Crippen molar-refractivity contribution in [3.05, 3.63) is 64.1 Å². The zero-order valence-corrected chi connectivity index (χ0v) is 14.6. The Balaban J connectivity index is 1.87. The molecule has 2 aromatic rings. The molecule has 0 aliphatic rings. The van der Waals surface area contributed by atoms with Crippen molar-refractivity contribution in [2.24, 2.45) is 0 Å². The molecule has 0 bridgehead atoms. The van der Waals surface area contributed by atoms with Gasteiger partial charge < -0.3 is 14.7 Å². The van der Waals surface area contributed by atoms with Crippen LogP contribution >= 0.6 is 23.2 Å². The van der Waals surface area contributed by atoms with E-state index in [0.717, 1.165) is 5.56 Å². The zero-order valence-electron chi connectivity index (χ0n) is 13.1. The van der Waals surface area contributed by atoms with E-state index >= 15 is 0 Å². The summed E-state index contributed by atoms with van der Waals surface area (Å²) in [6.07, 6.45) is 0.215. The van der Waals surface area contributed by atoms with E-state index in [1.54, 1.807) is 23.1 Å². The largest absolute Gasteiger partial charge is 0.493 e. The Hall–Kier alpha value is -1.75. The standard InChI is InChI=1S/C18H19Cl2NO3/c19-16-7-6-15(12-17(16)20)24-11-8-18(23)21(9-10-22)13-14-4-2-1-3-5-14/h1-7,12,22H,8-11,13H2. The van der Waals surface area contributed by atoms with Gasteiger partial charge in [0.1, 0.15) is 5.75 Å². The minimum Gasteiger partial charge on any atom is -0.493 e. The molecule has 128 valence electrons.